The third-order valence-corrected chi connectivity index (χ3v) is 4.38. The van der Waals surface area contributed by atoms with Crippen LogP contribution in [0.3, 0.4) is 0 Å². The highest BCUT2D eigenvalue weighted by Gasteiger charge is 2.13. The number of halogens is 2. The minimum Gasteiger partial charge on any atom is -0.398 e. The molecular weight excluding hydrogens is 333 g/mol. The molecule has 3 N–H and O–H groups in total. The SMILES string of the molecule is Cc1cccc(Nc2c(F)cc(N)c3cccnc23)c1Br. The third kappa shape index (κ3) is 2.45. The van der Waals surface area contributed by atoms with Gasteiger partial charge in [-0.25, -0.2) is 4.39 Å². The van der Waals surface area contributed by atoms with Gasteiger partial charge in [0.15, 0.2) is 5.82 Å². The molecule has 0 aliphatic heterocycles. The Balaban J connectivity index is 2.19. The number of nitrogens with two attached hydrogens (primary N) is 1. The van der Waals surface area contributed by atoms with E-state index < -0.39 is 5.82 Å². The monoisotopic (exact) mass is 345 g/mol. The molecule has 5 heteroatoms. The highest BCUT2D eigenvalue weighted by atomic mass is 79.9. The second-order valence-corrected chi connectivity index (χ2v) is 5.58. The van der Waals surface area contributed by atoms with Gasteiger partial charge in [-0.1, -0.05) is 12.1 Å². The van der Waals surface area contributed by atoms with Gasteiger partial charge in [0, 0.05) is 21.7 Å². The van der Waals surface area contributed by atoms with E-state index in [4.69, 9.17) is 5.73 Å². The van der Waals surface area contributed by atoms with Crippen LogP contribution in [0.1, 0.15) is 5.56 Å². The summed E-state index contributed by atoms with van der Waals surface area (Å²) in [5, 5.41) is 3.84. The number of benzene rings is 2. The molecule has 0 bridgehead atoms. The molecule has 0 aliphatic carbocycles. The Hall–Kier alpha value is -2.14. The van der Waals surface area contributed by atoms with Crippen LogP contribution in [0.15, 0.2) is 47.1 Å². The van der Waals surface area contributed by atoms with Gasteiger partial charge >= 0.3 is 0 Å². The number of aromatic nitrogens is 1. The fourth-order valence-corrected chi connectivity index (χ4v) is 2.60. The van der Waals surface area contributed by atoms with E-state index in [-0.39, 0.29) is 0 Å². The summed E-state index contributed by atoms with van der Waals surface area (Å²) in [5.41, 5.74) is 8.92. The van der Waals surface area contributed by atoms with Crippen molar-refractivity contribution in [1.29, 1.82) is 0 Å². The number of hydrogen-bond acceptors (Lipinski definition) is 3. The maximum atomic E-state index is 14.3. The second kappa shape index (κ2) is 5.33. The molecule has 0 aliphatic rings. The van der Waals surface area contributed by atoms with E-state index in [0.29, 0.717) is 16.9 Å². The predicted molar refractivity (Wildman–Crippen MR) is 88.3 cm³/mol. The summed E-state index contributed by atoms with van der Waals surface area (Å²) in [7, 11) is 0. The average molecular weight is 346 g/mol. The van der Waals surface area contributed by atoms with Gasteiger partial charge in [-0.3, -0.25) is 4.98 Å². The molecule has 0 amide bonds. The summed E-state index contributed by atoms with van der Waals surface area (Å²) < 4.78 is 15.2. The Kier molecular flexibility index (Phi) is 3.51. The van der Waals surface area contributed by atoms with Crippen LogP contribution >= 0.6 is 15.9 Å². The number of pyridine rings is 1. The minimum absolute atomic E-state index is 0.325. The first kappa shape index (κ1) is 13.8. The second-order valence-electron chi connectivity index (χ2n) is 4.78. The van der Waals surface area contributed by atoms with Crippen LogP contribution in [-0.4, -0.2) is 4.98 Å². The molecule has 21 heavy (non-hydrogen) atoms. The molecule has 1 heterocycles. The maximum Gasteiger partial charge on any atom is 0.150 e. The standard InChI is InChI=1S/C16H13BrFN3/c1-9-4-2-6-13(14(9)17)21-16-11(18)8-12(19)10-5-3-7-20-15(10)16/h2-8,21H,19H2,1H3. The Labute approximate surface area is 130 Å². The summed E-state index contributed by atoms with van der Waals surface area (Å²) in [5.74, 6) is -0.424. The lowest BCUT2D eigenvalue weighted by Gasteiger charge is -2.14. The van der Waals surface area contributed by atoms with Crippen LogP contribution in [0.25, 0.3) is 10.9 Å². The summed E-state index contributed by atoms with van der Waals surface area (Å²) >= 11 is 3.51. The van der Waals surface area contributed by atoms with Crippen LogP contribution in [0.4, 0.5) is 21.5 Å². The lowest BCUT2D eigenvalue weighted by molar-refractivity contribution is 0.634. The van der Waals surface area contributed by atoms with Crippen molar-refractivity contribution in [3.63, 3.8) is 0 Å². The maximum absolute atomic E-state index is 14.3. The summed E-state index contributed by atoms with van der Waals surface area (Å²) in [4.78, 5) is 4.25. The van der Waals surface area contributed by atoms with Gasteiger partial charge in [0.05, 0.1) is 11.2 Å². The number of nitrogen functional groups attached to an aromatic ring is 1. The lowest BCUT2D eigenvalue weighted by Crippen LogP contribution is -2.00. The van der Waals surface area contributed by atoms with Gasteiger partial charge in [0.25, 0.3) is 0 Å². The first-order valence-corrected chi connectivity index (χ1v) is 7.22. The number of hydrogen-bond donors (Lipinski definition) is 2. The molecule has 1 aromatic heterocycles. The smallest absolute Gasteiger partial charge is 0.150 e. The van der Waals surface area contributed by atoms with Crippen LogP contribution in [-0.2, 0) is 0 Å². The predicted octanol–water partition coefficient (Wildman–Crippen LogP) is 4.77. The van der Waals surface area contributed by atoms with E-state index in [0.717, 1.165) is 21.1 Å². The van der Waals surface area contributed by atoms with E-state index in [2.05, 4.69) is 26.2 Å². The molecule has 0 saturated heterocycles. The normalized spacial score (nSPS) is 10.8. The van der Waals surface area contributed by atoms with Gasteiger partial charge in [-0.05, 0) is 52.7 Å². The van der Waals surface area contributed by atoms with Crippen molar-refractivity contribution in [3.8, 4) is 0 Å². The highest BCUT2D eigenvalue weighted by molar-refractivity contribution is 9.10. The Morgan fingerprint density at radius 1 is 1.24 bits per heavy atom. The van der Waals surface area contributed by atoms with E-state index >= 15 is 0 Å². The van der Waals surface area contributed by atoms with Gasteiger partial charge in [-0.15, -0.1) is 0 Å². The number of fused-ring (bicyclic) bond motifs is 1. The zero-order valence-corrected chi connectivity index (χ0v) is 12.9. The van der Waals surface area contributed by atoms with Crippen LogP contribution in [0.5, 0.6) is 0 Å². The Morgan fingerprint density at radius 2 is 2.05 bits per heavy atom. The van der Waals surface area contributed by atoms with Crippen LogP contribution in [0, 0.1) is 12.7 Å². The molecule has 3 rings (SSSR count). The Morgan fingerprint density at radius 3 is 2.86 bits per heavy atom. The number of nitrogens with one attached hydrogen (secondary N) is 1. The summed E-state index contributed by atoms with van der Waals surface area (Å²) in [6, 6.07) is 10.7. The largest absolute Gasteiger partial charge is 0.398 e. The zero-order chi connectivity index (χ0) is 15.0. The molecule has 0 saturated carbocycles. The van der Waals surface area contributed by atoms with E-state index in [9.17, 15) is 4.39 Å². The molecule has 0 fully saturated rings. The van der Waals surface area contributed by atoms with Gasteiger partial charge in [0.1, 0.15) is 5.69 Å². The Bertz CT molecular complexity index is 833. The third-order valence-electron chi connectivity index (χ3n) is 3.33. The minimum atomic E-state index is -0.424. The molecule has 0 spiro atoms. The van der Waals surface area contributed by atoms with Gasteiger partial charge in [-0.2, -0.15) is 0 Å². The fraction of sp³-hybridized carbons (Fsp3) is 0.0625. The highest BCUT2D eigenvalue weighted by Crippen LogP contribution is 2.34. The molecular formula is C16H13BrFN3. The summed E-state index contributed by atoms with van der Waals surface area (Å²) in [6.45, 7) is 1.98. The number of aryl methyl sites for hydroxylation is 1. The molecule has 3 aromatic rings. The van der Waals surface area contributed by atoms with Crippen molar-refractivity contribution in [2.45, 2.75) is 6.92 Å². The molecule has 0 radical (unpaired) electrons. The number of nitrogens with zero attached hydrogens (tertiary/aromatic N) is 1. The lowest BCUT2D eigenvalue weighted by atomic mass is 10.1. The van der Waals surface area contributed by atoms with Gasteiger partial charge in [0.2, 0.25) is 0 Å². The number of rotatable bonds is 2. The van der Waals surface area contributed by atoms with E-state index in [1.807, 2.05) is 31.2 Å². The van der Waals surface area contributed by atoms with Crippen molar-refractivity contribution in [2.24, 2.45) is 0 Å². The summed E-state index contributed by atoms with van der Waals surface area (Å²) in [6.07, 6.45) is 1.62. The molecule has 3 nitrogen and oxygen atoms in total. The zero-order valence-electron chi connectivity index (χ0n) is 11.3. The molecule has 0 atom stereocenters. The van der Waals surface area contributed by atoms with E-state index in [1.54, 1.807) is 12.3 Å². The number of anilines is 3. The van der Waals surface area contributed by atoms with Crippen molar-refractivity contribution in [2.75, 3.05) is 11.1 Å². The van der Waals surface area contributed by atoms with Crippen LogP contribution < -0.4 is 11.1 Å². The van der Waals surface area contributed by atoms with Gasteiger partial charge < -0.3 is 11.1 Å². The van der Waals surface area contributed by atoms with Crippen molar-refractivity contribution in [3.05, 3.63) is 58.4 Å². The molecule has 0 unspecified atom stereocenters. The first-order chi connectivity index (χ1) is 10.1. The van der Waals surface area contributed by atoms with Crippen LogP contribution in [0.2, 0.25) is 0 Å². The van der Waals surface area contributed by atoms with Crippen molar-refractivity contribution < 1.29 is 4.39 Å². The quantitative estimate of drug-likeness (QED) is 0.657. The molecule has 106 valence electrons. The van der Waals surface area contributed by atoms with Crippen molar-refractivity contribution in [1.82, 2.24) is 4.98 Å². The topological polar surface area (TPSA) is 50.9 Å². The fourth-order valence-electron chi connectivity index (χ4n) is 2.23. The average Bonchev–Trinajstić information content (AvgIpc) is 2.47. The van der Waals surface area contributed by atoms with E-state index in [1.165, 1.54) is 6.07 Å². The molecule has 2 aromatic carbocycles. The van der Waals surface area contributed by atoms with Crippen molar-refractivity contribution >= 4 is 43.9 Å². The first-order valence-electron chi connectivity index (χ1n) is 6.43.